The van der Waals surface area contributed by atoms with Crippen molar-refractivity contribution >= 4 is 35.0 Å². The number of thioether (sulfide) groups is 1. The van der Waals surface area contributed by atoms with Crippen molar-refractivity contribution < 1.29 is 9.18 Å². The second-order valence-electron chi connectivity index (χ2n) is 6.09. The van der Waals surface area contributed by atoms with Crippen molar-refractivity contribution in [2.24, 2.45) is 7.05 Å². The predicted molar refractivity (Wildman–Crippen MR) is 111 cm³/mol. The molecule has 0 aliphatic heterocycles. The molecule has 148 valence electrons. The minimum Gasteiger partial charge on any atom is -0.311 e. The largest absolute Gasteiger partial charge is 0.311 e. The molecule has 0 atom stereocenters. The molecule has 3 aromatic rings. The van der Waals surface area contributed by atoms with Gasteiger partial charge in [-0.05, 0) is 48.5 Å². The maximum Gasteiger partial charge on any atom is 0.237 e. The molecule has 9 heteroatoms. The summed E-state index contributed by atoms with van der Waals surface area (Å²) < 4.78 is 15.0. The van der Waals surface area contributed by atoms with Gasteiger partial charge in [0.15, 0.2) is 11.0 Å². The Morgan fingerprint density at radius 2 is 1.90 bits per heavy atom. The Kier molecular flexibility index (Phi) is 6.86. The van der Waals surface area contributed by atoms with E-state index in [1.54, 1.807) is 16.7 Å². The van der Waals surface area contributed by atoms with Gasteiger partial charge in [0, 0.05) is 29.9 Å². The predicted octanol–water partition coefficient (Wildman–Crippen LogP) is 4.31. The first kappa shape index (κ1) is 20.8. The number of aromatic nitrogens is 3. The molecule has 0 fully saturated rings. The zero-order chi connectivity index (χ0) is 20.8. The molecule has 1 aromatic heterocycles. The average molecular weight is 430 g/mol. The summed E-state index contributed by atoms with van der Waals surface area (Å²) in [5.41, 5.74) is 1.41. The molecule has 0 aliphatic carbocycles. The van der Waals surface area contributed by atoms with E-state index in [-0.39, 0.29) is 30.4 Å². The van der Waals surface area contributed by atoms with E-state index in [0.29, 0.717) is 21.7 Å². The number of anilines is 1. The van der Waals surface area contributed by atoms with Crippen LogP contribution >= 0.6 is 23.4 Å². The van der Waals surface area contributed by atoms with Gasteiger partial charge in [-0.15, -0.1) is 10.2 Å². The summed E-state index contributed by atoms with van der Waals surface area (Å²) in [5.74, 6) is 0.184. The molecule has 0 saturated heterocycles. The third-order valence-corrected chi connectivity index (χ3v) is 5.41. The van der Waals surface area contributed by atoms with E-state index in [1.807, 2.05) is 25.2 Å². The highest BCUT2D eigenvalue weighted by Gasteiger charge is 2.18. The topological polar surface area (TPSA) is 74.8 Å². The lowest BCUT2D eigenvalue weighted by Gasteiger charge is -2.21. The Morgan fingerprint density at radius 3 is 2.55 bits per heavy atom. The van der Waals surface area contributed by atoms with Crippen LogP contribution in [0.4, 0.5) is 10.1 Å². The summed E-state index contributed by atoms with van der Waals surface area (Å²) in [4.78, 5) is 14.2. The van der Waals surface area contributed by atoms with Crippen molar-refractivity contribution in [1.29, 1.82) is 5.26 Å². The summed E-state index contributed by atoms with van der Waals surface area (Å²) in [7, 11) is 1.82. The van der Waals surface area contributed by atoms with E-state index in [4.69, 9.17) is 16.9 Å². The number of rotatable bonds is 7. The molecule has 1 heterocycles. The summed E-state index contributed by atoms with van der Waals surface area (Å²) in [6.07, 6.45) is 0.179. The Morgan fingerprint density at radius 1 is 1.21 bits per heavy atom. The number of amides is 1. The van der Waals surface area contributed by atoms with E-state index in [9.17, 15) is 9.18 Å². The number of hydrogen-bond donors (Lipinski definition) is 0. The maximum atomic E-state index is 13.2. The molecule has 0 aliphatic rings. The number of halogens is 2. The fraction of sp³-hybridized carbons (Fsp3) is 0.200. The highest BCUT2D eigenvalue weighted by atomic mass is 35.5. The fourth-order valence-corrected chi connectivity index (χ4v) is 3.59. The number of hydrogen-bond acceptors (Lipinski definition) is 5. The molecule has 29 heavy (non-hydrogen) atoms. The van der Waals surface area contributed by atoms with Crippen LogP contribution in [0.25, 0.3) is 11.4 Å². The minimum atomic E-state index is -0.385. The zero-order valence-electron chi connectivity index (χ0n) is 15.5. The van der Waals surface area contributed by atoms with E-state index < -0.39 is 0 Å². The SMILES string of the molecule is Cn1c(SCC(=O)N(CCC#N)c2ccc(F)cc2)nnc1-c1ccc(Cl)cc1. The quantitative estimate of drug-likeness (QED) is 0.523. The van der Waals surface area contributed by atoms with Crippen molar-refractivity contribution in [2.75, 3.05) is 17.2 Å². The van der Waals surface area contributed by atoms with Crippen molar-refractivity contribution in [3.05, 3.63) is 59.4 Å². The van der Waals surface area contributed by atoms with Crippen LogP contribution < -0.4 is 4.90 Å². The van der Waals surface area contributed by atoms with Gasteiger partial charge in [-0.2, -0.15) is 5.26 Å². The summed E-state index contributed by atoms with van der Waals surface area (Å²) in [5, 5.41) is 18.5. The van der Waals surface area contributed by atoms with E-state index in [1.165, 1.54) is 40.9 Å². The van der Waals surface area contributed by atoms with Crippen LogP contribution in [0.15, 0.2) is 53.7 Å². The molecular weight excluding hydrogens is 413 g/mol. The van der Waals surface area contributed by atoms with Crippen molar-refractivity contribution in [1.82, 2.24) is 14.8 Å². The van der Waals surface area contributed by atoms with Crippen molar-refractivity contribution in [3.8, 4) is 17.5 Å². The Labute approximate surface area is 176 Å². The highest BCUT2D eigenvalue weighted by Crippen LogP contribution is 2.25. The zero-order valence-corrected chi connectivity index (χ0v) is 17.1. The van der Waals surface area contributed by atoms with Crippen LogP contribution in [0, 0.1) is 17.1 Å². The molecule has 0 unspecified atom stereocenters. The van der Waals surface area contributed by atoms with E-state index in [2.05, 4.69) is 10.2 Å². The van der Waals surface area contributed by atoms with Gasteiger partial charge in [0.05, 0.1) is 18.2 Å². The number of carbonyl (C=O) groups excluding carboxylic acids is 1. The maximum absolute atomic E-state index is 13.2. The summed E-state index contributed by atoms with van der Waals surface area (Å²) >= 11 is 7.17. The first-order valence-corrected chi connectivity index (χ1v) is 10.1. The van der Waals surface area contributed by atoms with Crippen LogP contribution in [0.3, 0.4) is 0 Å². The van der Waals surface area contributed by atoms with Crippen LogP contribution in [-0.4, -0.2) is 33.0 Å². The van der Waals surface area contributed by atoms with Gasteiger partial charge < -0.3 is 9.47 Å². The molecule has 3 rings (SSSR count). The summed E-state index contributed by atoms with van der Waals surface area (Å²) in [6.45, 7) is 0.233. The van der Waals surface area contributed by atoms with Gasteiger partial charge >= 0.3 is 0 Å². The van der Waals surface area contributed by atoms with Gasteiger partial charge in [0.2, 0.25) is 5.91 Å². The molecule has 0 bridgehead atoms. The molecule has 0 radical (unpaired) electrons. The minimum absolute atomic E-state index is 0.107. The molecular formula is C20H17ClFN5OS. The van der Waals surface area contributed by atoms with Crippen molar-refractivity contribution in [2.45, 2.75) is 11.6 Å². The monoisotopic (exact) mass is 429 g/mol. The highest BCUT2D eigenvalue weighted by molar-refractivity contribution is 7.99. The van der Waals surface area contributed by atoms with Gasteiger partial charge in [-0.3, -0.25) is 4.79 Å². The normalized spacial score (nSPS) is 10.6. The van der Waals surface area contributed by atoms with Gasteiger partial charge in [0.25, 0.3) is 0 Å². The molecule has 6 nitrogen and oxygen atoms in total. The Hall–Kier alpha value is -2.89. The Bertz CT molecular complexity index is 1030. The van der Waals surface area contributed by atoms with Crippen LogP contribution in [0.2, 0.25) is 5.02 Å². The average Bonchev–Trinajstić information content (AvgIpc) is 3.09. The van der Waals surface area contributed by atoms with Gasteiger partial charge in [-0.25, -0.2) is 4.39 Å². The van der Waals surface area contributed by atoms with E-state index >= 15 is 0 Å². The fourth-order valence-electron chi connectivity index (χ4n) is 2.68. The molecule has 0 spiro atoms. The first-order chi connectivity index (χ1) is 14.0. The second-order valence-corrected chi connectivity index (χ2v) is 7.47. The summed E-state index contributed by atoms with van der Waals surface area (Å²) in [6, 6.07) is 14.9. The smallest absolute Gasteiger partial charge is 0.237 e. The first-order valence-electron chi connectivity index (χ1n) is 8.70. The lowest BCUT2D eigenvalue weighted by atomic mass is 10.2. The van der Waals surface area contributed by atoms with E-state index in [0.717, 1.165) is 5.56 Å². The lowest BCUT2D eigenvalue weighted by Crippen LogP contribution is -2.33. The molecule has 0 saturated carbocycles. The number of nitriles is 1. The van der Waals surface area contributed by atoms with Crippen molar-refractivity contribution in [3.63, 3.8) is 0 Å². The standard InChI is InChI=1S/C20H17ClFN5OS/c1-26-19(14-3-5-15(21)6-4-14)24-25-20(26)29-13-18(28)27(12-2-11-23)17-9-7-16(22)8-10-17/h3-10H,2,12-13H2,1H3. The Balaban J connectivity index is 1.72. The molecule has 0 N–H and O–H groups in total. The van der Waals surface area contributed by atoms with Gasteiger partial charge in [-0.1, -0.05) is 23.4 Å². The van der Waals surface area contributed by atoms with Crippen LogP contribution in [-0.2, 0) is 11.8 Å². The third kappa shape index (κ3) is 5.13. The number of carbonyl (C=O) groups is 1. The van der Waals surface area contributed by atoms with Gasteiger partial charge in [0.1, 0.15) is 5.82 Å². The number of nitrogens with zero attached hydrogens (tertiary/aromatic N) is 5. The number of benzene rings is 2. The van der Waals surface area contributed by atoms with Crippen LogP contribution in [0.1, 0.15) is 6.42 Å². The molecule has 2 aromatic carbocycles. The van der Waals surface area contributed by atoms with Crippen LogP contribution in [0.5, 0.6) is 0 Å². The second kappa shape index (κ2) is 9.54. The lowest BCUT2D eigenvalue weighted by molar-refractivity contribution is -0.116. The third-order valence-electron chi connectivity index (χ3n) is 4.15. The molecule has 1 amide bonds.